The summed E-state index contributed by atoms with van der Waals surface area (Å²) in [7, 11) is 0. The first kappa shape index (κ1) is 14.0. The number of nitrogens with one attached hydrogen (secondary N) is 3. The lowest BCUT2D eigenvalue weighted by molar-refractivity contribution is 0.233. The number of urea groups is 1. The van der Waals surface area contributed by atoms with Crippen molar-refractivity contribution in [2.75, 3.05) is 6.54 Å². The van der Waals surface area contributed by atoms with Crippen molar-refractivity contribution in [3.63, 3.8) is 0 Å². The van der Waals surface area contributed by atoms with Crippen LogP contribution in [0.2, 0.25) is 0 Å². The first-order chi connectivity index (χ1) is 9.15. The minimum atomic E-state index is -0.0168. The van der Waals surface area contributed by atoms with Crippen LogP contribution in [-0.2, 0) is 6.42 Å². The Balaban J connectivity index is 1.67. The summed E-state index contributed by atoms with van der Waals surface area (Å²) in [5, 5.41) is 6.02. The van der Waals surface area contributed by atoms with E-state index in [9.17, 15) is 4.79 Å². The molecule has 0 atom stereocenters. The summed E-state index contributed by atoms with van der Waals surface area (Å²) in [6, 6.07) is 2.51. The summed E-state index contributed by atoms with van der Waals surface area (Å²) in [6.07, 6.45) is 6.94. The van der Waals surface area contributed by atoms with Crippen LogP contribution in [0.15, 0.2) is 6.07 Å². The van der Waals surface area contributed by atoms with Crippen molar-refractivity contribution in [3.8, 4) is 0 Å². The molecule has 0 aromatic carbocycles. The van der Waals surface area contributed by atoms with Crippen LogP contribution in [0.1, 0.15) is 49.1 Å². The number of carbonyl (C=O) groups is 1. The molecule has 0 aliphatic heterocycles. The third-order valence-corrected chi connectivity index (χ3v) is 3.88. The Morgan fingerprint density at radius 1 is 1.32 bits per heavy atom. The fraction of sp³-hybridized carbons (Fsp3) is 0.667. The van der Waals surface area contributed by atoms with Gasteiger partial charge in [-0.05, 0) is 44.7 Å². The topological polar surface area (TPSA) is 56.9 Å². The van der Waals surface area contributed by atoms with Crippen LogP contribution in [0.3, 0.4) is 0 Å². The molecule has 0 radical (unpaired) electrons. The zero-order chi connectivity index (χ0) is 13.7. The second-order valence-corrected chi connectivity index (χ2v) is 5.59. The van der Waals surface area contributed by atoms with Crippen LogP contribution in [0, 0.1) is 13.8 Å². The number of H-pyrrole nitrogens is 1. The molecular formula is C15H25N3O. The summed E-state index contributed by atoms with van der Waals surface area (Å²) in [6.45, 7) is 4.82. The highest BCUT2D eigenvalue weighted by Crippen LogP contribution is 2.17. The standard InChI is InChI=1S/C15H25N3O/c1-11-10-13(12(2)17-11)8-9-16-15(19)18-14-6-4-3-5-7-14/h10,14,17H,3-9H2,1-2H3,(H2,16,18,19). The van der Waals surface area contributed by atoms with Crippen molar-refractivity contribution < 1.29 is 4.79 Å². The molecule has 0 bridgehead atoms. The van der Waals surface area contributed by atoms with Gasteiger partial charge in [0.05, 0.1) is 0 Å². The first-order valence-corrected chi connectivity index (χ1v) is 7.34. The number of aryl methyl sites for hydroxylation is 2. The number of carbonyl (C=O) groups excluding carboxylic acids is 1. The van der Waals surface area contributed by atoms with Gasteiger partial charge in [0.15, 0.2) is 0 Å². The van der Waals surface area contributed by atoms with Gasteiger partial charge < -0.3 is 15.6 Å². The summed E-state index contributed by atoms with van der Waals surface area (Å²) < 4.78 is 0. The minimum Gasteiger partial charge on any atom is -0.362 e. The molecular weight excluding hydrogens is 238 g/mol. The van der Waals surface area contributed by atoms with E-state index in [1.54, 1.807) is 0 Å². The zero-order valence-electron chi connectivity index (χ0n) is 12.0. The van der Waals surface area contributed by atoms with Crippen LogP contribution in [0.4, 0.5) is 4.79 Å². The predicted octanol–water partition coefficient (Wildman–Crippen LogP) is 2.81. The van der Waals surface area contributed by atoms with Gasteiger partial charge in [0.25, 0.3) is 0 Å². The monoisotopic (exact) mass is 263 g/mol. The van der Waals surface area contributed by atoms with Gasteiger partial charge in [-0.3, -0.25) is 0 Å². The van der Waals surface area contributed by atoms with Gasteiger partial charge in [-0.25, -0.2) is 4.79 Å². The van der Waals surface area contributed by atoms with E-state index in [-0.39, 0.29) is 6.03 Å². The maximum Gasteiger partial charge on any atom is 0.315 e. The Morgan fingerprint density at radius 3 is 2.68 bits per heavy atom. The molecule has 106 valence electrons. The molecule has 1 aromatic heterocycles. The first-order valence-electron chi connectivity index (χ1n) is 7.34. The predicted molar refractivity (Wildman–Crippen MR) is 77.4 cm³/mol. The number of hydrogen-bond acceptors (Lipinski definition) is 1. The highest BCUT2D eigenvalue weighted by atomic mass is 16.2. The lowest BCUT2D eigenvalue weighted by atomic mass is 9.96. The van der Waals surface area contributed by atoms with Gasteiger partial charge in [-0.15, -0.1) is 0 Å². The lowest BCUT2D eigenvalue weighted by Gasteiger charge is -2.22. The quantitative estimate of drug-likeness (QED) is 0.768. The summed E-state index contributed by atoms with van der Waals surface area (Å²) in [4.78, 5) is 15.0. The molecule has 1 aromatic rings. The molecule has 3 N–H and O–H groups in total. The second-order valence-electron chi connectivity index (χ2n) is 5.59. The van der Waals surface area contributed by atoms with Gasteiger partial charge >= 0.3 is 6.03 Å². The van der Waals surface area contributed by atoms with Crippen molar-refractivity contribution in [2.24, 2.45) is 0 Å². The van der Waals surface area contributed by atoms with E-state index in [2.05, 4.69) is 35.5 Å². The molecule has 0 unspecified atom stereocenters. The molecule has 1 saturated carbocycles. The average molecular weight is 263 g/mol. The molecule has 4 heteroatoms. The molecule has 1 fully saturated rings. The lowest BCUT2D eigenvalue weighted by Crippen LogP contribution is -2.43. The SMILES string of the molecule is Cc1cc(CCNC(=O)NC2CCCCC2)c(C)[nH]1. The fourth-order valence-electron chi connectivity index (χ4n) is 2.84. The number of amides is 2. The van der Waals surface area contributed by atoms with E-state index in [1.807, 2.05) is 0 Å². The van der Waals surface area contributed by atoms with Crippen LogP contribution in [0.5, 0.6) is 0 Å². The number of rotatable bonds is 4. The third kappa shape index (κ3) is 4.30. The smallest absolute Gasteiger partial charge is 0.315 e. The van der Waals surface area contributed by atoms with E-state index >= 15 is 0 Å². The number of aromatic amines is 1. The maximum atomic E-state index is 11.8. The van der Waals surface area contributed by atoms with Crippen LogP contribution in [-0.4, -0.2) is 23.6 Å². The number of aromatic nitrogens is 1. The maximum absolute atomic E-state index is 11.8. The number of hydrogen-bond donors (Lipinski definition) is 3. The Kier molecular flexibility index (Phi) is 4.88. The molecule has 2 amide bonds. The molecule has 4 nitrogen and oxygen atoms in total. The zero-order valence-corrected chi connectivity index (χ0v) is 12.0. The van der Waals surface area contributed by atoms with E-state index in [1.165, 1.54) is 36.2 Å². The molecule has 19 heavy (non-hydrogen) atoms. The Hall–Kier alpha value is -1.45. The largest absolute Gasteiger partial charge is 0.362 e. The van der Waals surface area contributed by atoms with Crippen LogP contribution >= 0.6 is 0 Å². The van der Waals surface area contributed by atoms with E-state index in [0.717, 1.165) is 19.3 Å². The molecule has 2 rings (SSSR count). The van der Waals surface area contributed by atoms with Gasteiger partial charge in [0.2, 0.25) is 0 Å². The molecule has 1 aliphatic rings. The summed E-state index contributed by atoms with van der Waals surface area (Å²) >= 11 is 0. The normalized spacial score (nSPS) is 16.3. The Labute approximate surface area is 115 Å². The fourth-order valence-corrected chi connectivity index (χ4v) is 2.84. The highest BCUT2D eigenvalue weighted by molar-refractivity contribution is 5.74. The Morgan fingerprint density at radius 2 is 2.05 bits per heavy atom. The third-order valence-electron chi connectivity index (χ3n) is 3.88. The van der Waals surface area contributed by atoms with Crippen molar-refractivity contribution in [2.45, 2.75) is 58.4 Å². The van der Waals surface area contributed by atoms with Crippen molar-refractivity contribution in [1.29, 1.82) is 0 Å². The van der Waals surface area contributed by atoms with Crippen molar-refractivity contribution in [3.05, 3.63) is 23.0 Å². The van der Waals surface area contributed by atoms with Gasteiger partial charge in [0.1, 0.15) is 0 Å². The summed E-state index contributed by atoms with van der Waals surface area (Å²) in [5.74, 6) is 0. The summed E-state index contributed by atoms with van der Waals surface area (Å²) in [5.41, 5.74) is 3.67. The van der Waals surface area contributed by atoms with Crippen molar-refractivity contribution >= 4 is 6.03 Å². The average Bonchev–Trinajstić information content (AvgIpc) is 2.69. The minimum absolute atomic E-state index is 0.0168. The van der Waals surface area contributed by atoms with E-state index in [4.69, 9.17) is 0 Å². The molecule has 0 spiro atoms. The van der Waals surface area contributed by atoms with Crippen LogP contribution < -0.4 is 10.6 Å². The highest BCUT2D eigenvalue weighted by Gasteiger charge is 2.15. The molecule has 1 aliphatic carbocycles. The van der Waals surface area contributed by atoms with Crippen LogP contribution in [0.25, 0.3) is 0 Å². The van der Waals surface area contributed by atoms with E-state index < -0.39 is 0 Å². The Bertz CT molecular complexity index is 419. The van der Waals surface area contributed by atoms with Gasteiger partial charge in [-0.1, -0.05) is 19.3 Å². The van der Waals surface area contributed by atoms with Gasteiger partial charge in [-0.2, -0.15) is 0 Å². The van der Waals surface area contributed by atoms with Gasteiger partial charge in [0, 0.05) is 24.0 Å². The molecule has 0 saturated heterocycles. The second kappa shape index (κ2) is 6.64. The van der Waals surface area contributed by atoms with E-state index in [0.29, 0.717) is 12.6 Å². The van der Waals surface area contributed by atoms with Crippen molar-refractivity contribution in [1.82, 2.24) is 15.6 Å². The molecule has 1 heterocycles.